The fraction of sp³-hybridized carbons (Fsp3) is 0.211. The van der Waals surface area contributed by atoms with Gasteiger partial charge >= 0.3 is 0 Å². The molecule has 0 fully saturated rings. The van der Waals surface area contributed by atoms with Crippen LogP contribution in [0.4, 0.5) is 0 Å². The summed E-state index contributed by atoms with van der Waals surface area (Å²) in [6, 6.07) is 11.4. The van der Waals surface area contributed by atoms with Crippen molar-refractivity contribution in [2.24, 2.45) is 17.2 Å². The molecule has 2 rings (SSSR count). The molecule has 8 N–H and O–H groups in total. The number of nitrogen functional groups attached to an aromatic ring is 2. The molecule has 1 amide bonds. The van der Waals surface area contributed by atoms with E-state index in [0.717, 1.165) is 0 Å². The molecule has 9 nitrogen and oxygen atoms in total. The van der Waals surface area contributed by atoms with Gasteiger partial charge in [0, 0.05) is 11.1 Å². The van der Waals surface area contributed by atoms with Crippen LogP contribution in [-0.2, 0) is 4.74 Å². The van der Waals surface area contributed by atoms with E-state index in [0.29, 0.717) is 42.4 Å². The highest BCUT2D eigenvalue weighted by Crippen LogP contribution is 2.19. The van der Waals surface area contributed by atoms with Crippen molar-refractivity contribution < 1.29 is 19.0 Å². The van der Waals surface area contributed by atoms with Crippen molar-refractivity contribution in [2.45, 2.75) is 0 Å². The SMILES string of the molecule is N=C(N)c1ccc(OCCOCCOc2ccc(C(=N)N)cc2C(N)=O)cc1. The number of benzene rings is 2. The van der Waals surface area contributed by atoms with Gasteiger partial charge in [-0.25, -0.2) is 0 Å². The molecule has 0 saturated carbocycles. The topological polar surface area (TPSA) is 171 Å². The number of nitrogens with one attached hydrogen (secondary N) is 2. The van der Waals surface area contributed by atoms with Gasteiger partial charge in [-0.2, -0.15) is 0 Å². The Morgan fingerprint density at radius 1 is 0.786 bits per heavy atom. The fourth-order valence-electron chi connectivity index (χ4n) is 2.28. The Labute approximate surface area is 162 Å². The molecule has 0 aliphatic carbocycles. The lowest BCUT2D eigenvalue weighted by Gasteiger charge is -2.12. The molecule has 28 heavy (non-hydrogen) atoms. The lowest BCUT2D eigenvalue weighted by Crippen LogP contribution is -2.18. The van der Waals surface area contributed by atoms with Crippen LogP contribution in [0.2, 0.25) is 0 Å². The van der Waals surface area contributed by atoms with E-state index in [9.17, 15) is 4.79 Å². The molecule has 2 aromatic rings. The number of hydrogen-bond acceptors (Lipinski definition) is 6. The first-order chi connectivity index (χ1) is 13.4. The summed E-state index contributed by atoms with van der Waals surface area (Å²) in [5, 5.41) is 14.7. The van der Waals surface area contributed by atoms with E-state index < -0.39 is 5.91 Å². The van der Waals surface area contributed by atoms with Crippen molar-refractivity contribution in [1.82, 2.24) is 0 Å². The summed E-state index contributed by atoms with van der Waals surface area (Å²) in [7, 11) is 0. The summed E-state index contributed by atoms with van der Waals surface area (Å²) in [6.45, 7) is 1.20. The Morgan fingerprint density at radius 3 is 1.93 bits per heavy atom. The predicted octanol–water partition coefficient (Wildman–Crippen LogP) is 0.828. The van der Waals surface area contributed by atoms with Crippen molar-refractivity contribution in [3.05, 3.63) is 59.2 Å². The summed E-state index contributed by atoms with van der Waals surface area (Å²) in [5.74, 6) is 0.145. The first kappa shape index (κ1) is 20.7. The Morgan fingerprint density at radius 2 is 1.36 bits per heavy atom. The van der Waals surface area contributed by atoms with Crippen LogP contribution in [0.15, 0.2) is 42.5 Å². The highest BCUT2D eigenvalue weighted by Gasteiger charge is 2.11. The average molecular weight is 385 g/mol. The number of rotatable bonds is 11. The molecule has 0 unspecified atom stereocenters. The monoisotopic (exact) mass is 385 g/mol. The van der Waals surface area contributed by atoms with Gasteiger partial charge in [-0.1, -0.05) is 0 Å². The highest BCUT2D eigenvalue weighted by molar-refractivity contribution is 6.01. The molecule has 0 atom stereocenters. The lowest BCUT2D eigenvalue weighted by molar-refractivity contribution is 0.0758. The molecule has 0 aliphatic rings. The van der Waals surface area contributed by atoms with Crippen molar-refractivity contribution >= 4 is 17.6 Å². The first-order valence-corrected chi connectivity index (χ1v) is 8.44. The number of primary amides is 1. The second kappa shape index (κ2) is 9.93. The maximum Gasteiger partial charge on any atom is 0.252 e. The third-order valence-corrected chi connectivity index (χ3v) is 3.70. The summed E-state index contributed by atoms with van der Waals surface area (Å²) in [6.07, 6.45) is 0. The third-order valence-electron chi connectivity index (χ3n) is 3.70. The van der Waals surface area contributed by atoms with Crippen molar-refractivity contribution in [1.29, 1.82) is 10.8 Å². The molecule has 0 bridgehead atoms. The number of amidine groups is 2. The average Bonchev–Trinajstić information content (AvgIpc) is 2.67. The molecular formula is C19H23N5O4. The number of amides is 1. The predicted molar refractivity (Wildman–Crippen MR) is 105 cm³/mol. The molecule has 0 radical (unpaired) electrons. The van der Waals surface area contributed by atoms with Crippen LogP contribution >= 0.6 is 0 Å². The van der Waals surface area contributed by atoms with Gasteiger partial charge < -0.3 is 31.4 Å². The van der Waals surface area contributed by atoms with E-state index in [1.54, 1.807) is 36.4 Å². The summed E-state index contributed by atoms with van der Waals surface area (Å²) in [4.78, 5) is 11.5. The van der Waals surface area contributed by atoms with Gasteiger partial charge in [-0.15, -0.1) is 0 Å². The lowest BCUT2D eigenvalue weighted by atomic mass is 10.1. The zero-order valence-electron chi connectivity index (χ0n) is 15.2. The summed E-state index contributed by atoms with van der Waals surface area (Å²) in [5.41, 5.74) is 17.3. The van der Waals surface area contributed by atoms with Gasteiger partial charge in [0.15, 0.2) is 0 Å². The number of carbonyl (C=O) groups excluding carboxylic acids is 1. The number of carbonyl (C=O) groups is 1. The molecule has 148 valence electrons. The third kappa shape index (κ3) is 5.99. The Bertz CT molecular complexity index is 852. The smallest absolute Gasteiger partial charge is 0.252 e. The minimum Gasteiger partial charge on any atom is -0.491 e. The van der Waals surface area contributed by atoms with Crippen LogP contribution in [0.5, 0.6) is 11.5 Å². The van der Waals surface area contributed by atoms with Gasteiger partial charge in [-0.05, 0) is 42.5 Å². The molecule has 0 aliphatic heterocycles. The second-order valence-corrected chi connectivity index (χ2v) is 5.74. The Kier molecular flexibility index (Phi) is 7.35. The number of ether oxygens (including phenoxy) is 3. The molecule has 0 aromatic heterocycles. The van der Waals surface area contributed by atoms with Crippen LogP contribution in [0.3, 0.4) is 0 Å². The number of nitrogens with two attached hydrogens (primary N) is 3. The van der Waals surface area contributed by atoms with E-state index in [-0.39, 0.29) is 23.8 Å². The molecular weight excluding hydrogens is 362 g/mol. The molecule has 9 heteroatoms. The van der Waals surface area contributed by atoms with Crippen LogP contribution < -0.4 is 26.7 Å². The minimum absolute atomic E-state index is 0.00492. The van der Waals surface area contributed by atoms with E-state index in [1.807, 2.05) is 0 Å². The molecule has 0 heterocycles. The van der Waals surface area contributed by atoms with Crippen LogP contribution in [0.25, 0.3) is 0 Å². The van der Waals surface area contributed by atoms with Gasteiger partial charge in [0.2, 0.25) is 0 Å². The molecule has 2 aromatic carbocycles. The van der Waals surface area contributed by atoms with E-state index in [2.05, 4.69) is 0 Å². The maximum atomic E-state index is 11.5. The standard InChI is InChI=1S/C19H23N5O4/c20-17(21)12-1-4-14(5-2-12)27-9-7-26-8-10-28-16-6-3-13(18(22)23)11-15(16)19(24)25/h1-6,11H,7-10H2,(H3,20,21)(H3,22,23)(H2,24,25). The maximum absolute atomic E-state index is 11.5. The summed E-state index contributed by atoms with van der Waals surface area (Å²) >= 11 is 0. The Hall–Kier alpha value is -3.59. The van der Waals surface area contributed by atoms with Crippen molar-refractivity contribution in [3.63, 3.8) is 0 Å². The van der Waals surface area contributed by atoms with Crippen LogP contribution in [0, 0.1) is 10.8 Å². The first-order valence-electron chi connectivity index (χ1n) is 8.44. The molecule has 0 saturated heterocycles. The summed E-state index contributed by atoms with van der Waals surface area (Å²) < 4.78 is 16.5. The van der Waals surface area contributed by atoms with E-state index >= 15 is 0 Å². The van der Waals surface area contributed by atoms with Gasteiger partial charge in [0.25, 0.3) is 5.91 Å². The molecule has 0 spiro atoms. The van der Waals surface area contributed by atoms with Crippen LogP contribution in [0.1, 0.15) is 21.5 Å². The fourth-order valence-corrected chi connectivity index (χ4v) is 2.28. The number of hydrogen-bond donors (Lipinski definition) is 5. The highest BCUT2D eigenvalue weighted by atomic mass is 16.5. The van der Waals surface area contributed by atoms with Gasteiger partial charge in [0.05, 0.1) is 18.8 Å². The normalized spacial score (nSPS) is 10.3. The minimum atomic E-state index is -0.664. The Balaban J connectivity index is 1.71. The second-order valence-electron chi connectivity index (χ2n) is 5.74. The van der Waals surface area contributed by atoms with Crippen LogP contribution in [-0.4, -0.2) is 44.0 Å². The largest absolute Gasteiger partial charge is 0.491 e. The van der Waals surface area contributed by atoms with E-state index in [4.69, 9.17) is 42.2 Å². The van der Waals surface area contributed by atoms with Crippen molar-refractivity contribution in [2.75, 3.05) is 26.4 Å². The quantitative estimate of drug-likeness (QED) is 0.218. The zero-order valence-corrected chi connectivity index (χ0v) is 15.2. The van der Waals surface area contributed by atoms with Gasteiger partial charge in [-0.3, -0.25) is 15.6 Å². The van der Waals surface area contributed by atoms with E-state index in [1.165, 1.54) is 6.07 Å². The van der Waals surface area contributed by atoms with Crippen molar-refractivity contribution in [3.8, 4) is 11.5 Å². The zero-order chi connectivity index (χ0) is 20.5. The van der Waals surface area contributed by atoms with Gasteiger partial charge in [0.1, 0.15) is 36.4 Å².